The van der Waals surface area contributed by atoms with Crippen LogP contribution >= 0.6 is 0 Å². The Morgan fingerprint density at radius 3 is 2.43 bits per heavy atom. The predicted molar refractivity (Wildman–Crippen MR) is 159 cm³/mol. The number of fused-ring (bicyclic) bond motifs is 1. The summed E-state index contributed by atoms with van der Waals surface area (Å²) in [4.78, 5) is 50.4. The molecule has 2 bridgehead atoms. The van der Waals surface area contributed by atoms with Crippen molar-refractivity contribution in [2.45, 2.75) is 43.4 Å². The largest absolute Gasteiger partial charge is 0.395 e. The first-order valence-corrected chi connectivity index (χ1v) is 15.2. The van der Waals surface area contributed by atoms with Crippen molar-refractivity contribution in [1.82, 2.24) is 14.7 Å². The van der Waals surface area contributed by atoms with E-state index in [0.717, 1.165) is 18.8 Å². The Hall–Kier alpha value is -3.05. The first-order valence-electron chi connectivity index (χ1n) is 15.2. The van der Waals surface area contributed by atoms with Crippen molar-refractivity contribution < 1.29 is 29.0 Å². The minimum Gasteiger partial charge on any atom is -0.395 e. The quantitative estimate of drug-likeness (QED) is 0.355. The molecule has 5 atom stereocenters. The van der Waals surface area contributed by atoms with Crippen LogP contribution in [-0.4, -0.2) is 120 Å². The number of carbonyl (C=O) groups excluding carboxylic acids is 3. The second-order valence-electron chi connectivity index (χ2n) is 11.7. The molecular weight excluding hydrogens is 536 g/mol. The van der Waals surface area contributed by atoms with Crippen LogP contribution in [0.3, 0.4) is 0 Å². The number of carbonyl (C=O) groups is 3. The smallest absolute Gasteiger partial charge is 0.248 e. The summed E-state index contributed by atoms with van der Waals surface area (Å²) in [6.45, 7) is 14.1. The fraction of sp³-hybridized carbons (Fsp3) is 0.594. The lowest BCUT2D eigenvalue weighted by molar-refractivity contribution is -0.153. The van der Waals surface area contributed by atoms with Crippen LogP contribution in [0.15, 0.2) is 55.6 Å². The lowest BCUT2D eigenvalue weighted by Crippen LogP contribution is -2.57. The molecule has 1 aromatic carbocycles. The van der Waals surface area contributed by atoms with Gasteiger partial charge in [0.2, 0.25) is 17.7 Å². The molecule has 4 fully saturated rings. The van der Waals surface area contributed by atoms with Gasteiger partial charge in [-0.25, -0.2) is 0 Å². The second kappa shape index (κ2) is 12.7. The number of morpholine rings is 1. The maximum Gasteiger partial charge on any atom is 0.248 e. The zero-order valence-corrected chi connectivity index (χ0v) is 24.7. The van der Waals surface area contributed by atoms with E-state index in [4.69, 9.17) is 9.47 Å². The molecule has 1 aromatic rings. The Morgan fingerprint density at radius 1 is 1.07 bits per heavy atom. The molecule has 10 heteroatoms. The number of rotatable bonds is 13. The summed E-state index contributed by atoms with van der Waals surface area (Å²) in [6, 6.07) is 8.44. The SMILES string of the molecule is C=CCN(CCN1CCOCC1)C(=O)C1N(CCO)C(=O)[C@@H]2[C@H](C(=O)N(CC=C)c3ccccc3)[C@]3(CC)CCC12O3. The van der Waals surface area contributed by atoms with E-state index in [1.54, 1.807) is 22.0 Å². The van der Waals surface area contributed by atoms with E-state index in [1.807, 2.05) is 37.3 Å². The number of aliphatic hydroxyl groups is 1. The molecule has 4 aliphatic heterocycles. The number of amides is 3. The highest BCUT2D eigenvalue weighted by atomic mass is 16.5. The topological polar surface area (TPSA) is 103 Å². The van der Waals surface area contributed by atoms with Crippen LogP contribution < -0.4 is 4.90 Å². The van der Waals surface area contributed by atoms with Crippen molar-refractivity contribution >= 4 is 23.4 Å². The van der Waals surface area contributed by atoms with Crippen LogP contribution in [0.25, 0.3) is 0 Å². The summed E-state index contributed by atoms with van der Waals surface area (Å²) in [5.74, 6) is -2.30. The maximum absolute atomic E-state index is 14.5. The number of nitrogens with zero attached hydrogens (tertiary/aromatic N) is 4. The van der Waals surface area contributed by atoms with Gasteiger partial charge >= 0.3 is 0 Å². The molecule has 0 aliphatic carbocycles. The summed E-state index contributed by atoms with van der Waals surface area (Å²) < 4.78 is 12.4. The number of β-amino-alcohol motifs (C(OH)–C–C–N with tert-alkyl or cyclic N) is 1. The molecule has 0 radical (unpaired) electrons. The molecule has 228 valence electrons. The first kappa shape index (κ1) is 30.4. The maximum atomic E-state index is 14.5. The molecule has 42 heavy (non-hydrogen) atoms. The molecule has 0 saturated carbocycles. The summed E-state index contributed by atoms with van der Waals surface area (Å²) in [6.07, 6.45) is 4.99. The van der Waals surface area contributed by atoms with Crippen LogP contribution in [0.2, 0.25) is 0 Å². The Labute approximate surface area is 248 Å². The molecule has 4 aliphatic rings. The van der Waals surface area contributed by atoms with E-state index < -0.39 is 29.1 Å². The van der Waals surface area contributed by atoms with Crippen molar-refractivity contribution in [2.75, 3.05) is 70.5 Å². The number of anilines is 1. The standard InChI is InChI=1S/C32H44N4O6/c1-4-14-34(17-16-33-19-22-41-23-20-33)30(40)27-32-13-12-31(6-3,42-32)25(26(32)29(39)36(27)18-21-37)28(38)35(15-5-2)24-10-8-7-9-11-24/h4-5,7-11,25-27,37H,1-2,6,12-23H2,3H3/t25-,26+,27?,31+,32?/m1/s1. The zero-order chi connectivity index (χ0) is 29.9. The van der Waals surface area contributed by atoms with Gasteiger partial charge in [0.1, 0.15) is 11.6 Å². The number of aliphatic hydroxyl groups excluding tert-OH is 1. The molecule has 1 spiro atoms. The molecule has 3 amide bonds. The van der Waals surface area contributed by atoms with Crippen LogP contribution in [0.5, 0.6) is 0 Å². The third kappa shape index (κ3) is 5.08. The van der Waals surface area contributed by atoms with Gasteiger partial charge in [0.25, 0.3) is 0 Å². The summed E-state index contributed by atoms with van der Waals surface area (Å²) in [5, 5.41) is 9.99. The number of likely N-dealkylation sites (tertiary alicyclic amines) is 1. The molecule has 10 nitrogen and oxygen atoms in total. The Morgan fingerprint density at radius 2 is 1.79 bits per heavy atom. The van der Waals surface area contributed by atoms with Crippen LogP contribution in [0.4, 0.5) is 5.69 Å². The molecule has 4 saturated heterocycles. The van der Waals surface area contributed by atoms with Gasteiger partial charge in [-0.1, -0.05) is 37.3 Å². The molecule has 4 heterocycles. The number of benzene rings is 1. The normalized spacial score (nSPS) is 30.3. The van der Waals surface area contributed by atoms with E-state index in [1.165, 1.54) is 4.90 Å². The van der Waals surface area contributed by atoms with Crippen LogP contribution in [-0.2, 0) is 23.9 Å². The average molecular weight is 581 g/mol. The number of ether oxygens (including phenoxy) is 2. The van der Waals surface area contributed by atoms with Gasteiger partial charge in [0.15, 0.2) is 0 Å². The average Bonchev–Trinajstić information content (AvgIpc) is 3.62. The lowest BCUT2D eigenvalue weighted by Gasteiger charge is -2.37. The fourth-order valence-corrected chi connectivity index (χ4v) is 7.66. The summed E-state index contributed by atoms with van der Waals surface area (Å²) in [7, 11) is 0. The monoisotopic (exact) mass is 580 g/mol. The fourth-order valence-electron chi connectivity index (χ4n) is 7.66. The molecule has 0 aromatic heterocycles. The van der Waals surface area contributed by atoms with Crippen LogP contribution in [0, 0.1) is 11.8 Å². The highest BCUT2D eigenvalue weighted by Crippen LogP contribution is 2.64. The van der Waals surface area contributed by atoms with Gasteiger partial charge < -0.3 is 29.3 Å². The molecule has 5 rings (SSSR count). The first-order chi connectivity index (χ1) is 20.4. The van der Waals surface area contributed by atoms with E-state index in [9.17, 15) is 19.5 Å². The predicted octanol–water partition coefficient (Wildman–Crippen LogP) is 1.70. The third-order valence-corrected chi connectivity index (χ3v) is 9.62. The summed E-state index contributed by atoms with van der Waals surface area (Å²) in [5.41, 5.74) is -1.28. The highest BCUT2D eigenvalue weighted by Gasteiger charge is 2.79. The second-order valence-corrected chi connectivity index (χ2v) is 11.7. The van der Waals surface area contributed by atoms with Gasteiger partial charge in [0.05, 0.1) is 37.3 Å². The Kier molecular flexibility index (Phi) is 9.17. The van der Waals surface area contributed by atoms with Gasteiger partial charge in [0, 0.05) is 51.5 Å². The van der Waals surface area contributed by atoms with E-state index >= 15 is 0 Å². The molecule has 1 N–H and O–H groups in total. The van der Waals surface area contributed by atoms with Crippen molar-refractivity contribution in [2.24, 2.45) is 11.8 Å². The molecule has 2 unspecified atom stereocenters. The van der Waals surface area contributed by atoms with E-state index in [0.29, 0.717) is 52.1 Å². The van der Waals surface area contributed by atoms with Gasteiger partial charge in [-0.2, -0.15) is 0 Å². The minimum atomic E-state index is -1.14. The Bertz CT molecular complexity index is 1170. The van der Waals surface area contributed by atoms with Crippen molar-refractivity contribution in [1.29, 1.82) is 0 Å². The highest BCUT2D eigenvalue weighted by molar-refractivity contribution is 6.03. The van der Waals surface area contributed by atoms with Crippen LogP contribution in [0.1, 0.15) is 26.2 Å². The van der Waals surface area contributed by atoms with Crippen molar-refractivity contribution in [3.63, 3.8) is 0 Å². The minimum absolute atomic E-state index is 0.00264. The number of hydrogen-bond acceptors (Lipinski definition) is 7. The van der Waals surface area contributed by atoms with E-state index in [2.05, 4.69) is 18.1 Å². The zero-order valence-electron chi connectivity index (χ0n) is 24.7. The van der Waals surface area contributed by atoms with Gasteiger partial charge in [-0.3, -0.25) is 19.3 Å². The Balaban J connectivity index is 1.50. The van der Waals surface area contributed by atoms with Crippen molar-refractivity contribution in [3.05, 3.63) is 55.6 Å². The number of hydrogen-bond donors (Lipinski definition) is 1. The van der Waals surface area contributed by atoms with Crippen molar-refractivity contribution in [3.8, 4) is 0 Å². The van der Waals surface area contributed by atoms with E-state index in [-0.39, 0.29) is 37.4 Å². The third-order valence-electron chi connectivity index (χ3n) is 9.62. The number of para-hydroxylation sites is 1. The van der Waals surface area contributed by atoms with Gasteiger partial charge in [-0.05, 0) is 31.4 Å². The molecular formula is C32H44N4O6. The lowest BCUT2D eigenvalue weighted by atomic mass is 9.64. The summed E-state index contributed by atoms with van der Waals surface area (Å²) >= 11 is 0. The van der Waals surface area contributed by atoms with Gasteiger partial charge in [-0.15, -0.1) is 13.2 Å².